The van der Waals surface area contributed by atoms with Crippen LogP contribution in [-0.2, 0) is 30.1 Å². The van der Waals surface area contributed by atoms with Crippen LogP contribution in [-0.4, -0.2) is 69.7 Å². The third-order valence-corrected chi connectivity index (χ3v) is 16.7. The minimum Gasteiger partial charge on any atom is -0.497 e. The van der Waals surface area contributed by atoms with Gasteiger partial charge in [-0.05, 0) is 202 Å². The van der Waals surface area contributed by atoms with Crippen molar-refractivity contribution in [2.45, 2.75) is 88.6 Å². The van der Waals surface area contributed by atoms with Gasteiger partial charge in [0.15, 0.2) is 0 Å². The Bertz CT molecular complexity index is 4240. The molecule has 9 rings (SSSR count). The van der Waals surface area contributed by atoms with E-state index < -0.39 is 53.2 Å². The summed E-state index contributed by atoms with van der Waals surface area (Å²) in [6.07, 6.45) is 0. The number of rotatable bonds is 17. The van der Waals surface area contributed by atoms with Crippen LogP contribution in [0.4, 0.5) is 15.3 Å². The number of carbonyl (C=O) groups excluding carboxylic acids is 2. The van der Waals surface area contributed by atoms with Crippen LogP contribution >= 0.6 is 23.2 Å². The smallest absolute Gasteiger partial charge is 0.329 e. The largest absolute Gasteiger partial charge is 0.497 e. The van der Waals surface area contributed by atoms with Gasteiger partial charge in [-0.2, -0.15) is 0 Å². The summed E-state index contributed by atoms with van der Waals surface area (Å²) in [4.78, 5) is 23.7. The first-order chi connectivity index (χ1) is 44.3. The lowest BCUT2D eigenvalue weighted by atomic mass is 10.1. The Kier molecular flexibility index (Phi) is 26.9. The summed E-state index contributed by atoms with van der Waals surface area (Å²) in [7, 11) is -7.68. The van der Waals surface area contributed by atoms with Crippen molar-refractivity contribution < 1.29 is 63.3 Å². The minimum absolute atomic E-state index is 0. The average molecular weight is 1390 g/mol. The molecule has 25 heteroatoms. The number of amides is 4. The molecule has 8 N–H and O–H groups in total. The molecule has 0 radical (unpaired) electrons. The third-order valence-electron chi connectivity index (χ3n) is 12.6. The zero-order valence-electron chi connectivity index (χ0n) is 53.4. The molecule has 0 aromatic heterocycles. The molecule has 0 saturated heterocycles. The molecular formula is C70H78Cl2N6O14S3. The van der Waals surface area contributed by atoms with Crippen LogP contribution in [0.5, 0.6) is 51.7 Å². The number of nitrogens with two attached hydrogens (primary N) is 2. The highest BCUT2D eigenvalue weighted by Gasteiger charge is 2.27. The van der Waals surface area contributed by atoms with Gasteiger partial charge >= 0.3 is 12.1 Å². The van der Waals surface area contributed by atoms with Crippen LogP contribution in [0.3, 0.4) is 0 Å². The van der Waals surface area contributed by atoms with Crippen LogP contribution in [0, 0.1) is 0 Å². The molecule has 20 nitrogen and oxygen atoms in total. The van der Waals surface area contributed by atoms with E-state index in [1.807, 2.05) is 126 Å². The lowest BCUT2D eigenvalue weighted by Crippen LogP contribution is -2.48. The number of nitrogens with one attached hydrogen (secondary N) is 4. The maximum absolute atomic E-state index is 12.9. The van der Waals surface area contributed by atoms with E-state index in [2.05, 4.69) is 10.6 Å². The van der Waals surface area contributed by atoms with Crippen molar-refractivity contribution >= 4 is 71.0 Å². The first kappa shape index (κ1) is 76.2. The summed E-state index contributed by atoms with van der Waals surface area (Å²) in [5.74, 6) is 3.74. The first-order valence-corrected chi connectivity index (χ1v) is 34.1. The van der Waals surface area contributed by atoms with E-state index in [9.17, 15) is 34.8 Å². The van der Waals surface area contributed by atoms with E-state index in [-0.39, 0.29) is 55.1 Å². The standard InChI is InChI=1S/C24H25ClN2O5S.C24H27N3O5S.C19H16ClNO4S.C2H6.CH4/c2*1-24(2,3)26-23(28)27-33(29,30)22-15-18(25)10-13-21(22)32-20-7-5-6-17(14-20)16-8-11-19(31-4)12-9-16;1-24-16-8-5-13(6-9-16)14-3-2-4-17(11-14)25-18-10-7-15(20)12-19(18)26(21,22)23;1-2;/h5-15H,1-4H3,(H2,26,27,28);5-15H,25H2,1-4H3,(H2,26,27,28);2-12H,1H3,(H2,21,22,23);1-2H3;1H4. The number of halogens is 2. The van der Waals surface area contributed by atoms with E-state index in [1.54, 1.807) is 111 Å². The molecule has 0 saturated carbocycles. The fourth-order valence-corrected chi connectivity index (χ4v) is 11.7. The van der Waals surface area contributed by atoms with Gasteiger partial charge in [0.1, 0.15) is 66.4 Å². The Morgan fingerprint density at radius 1 is 0.389 bits per heavy atom. The van der Waals surface area contributed by atoms with Crippen LogP contribution in [0.1, 0.15) is 62.8 Å². The van der Waals surface area contributed by atoms with Gasteiger partial charge < -0.3 is 44.8 Å². The van der Waals surface area contributed by atoms with Gasteiger partial charge in [0.05, 0.1) is 21.3 Å². The fraction of sp³-hybridized carbons (Fsp3) is 0.200. The number of nitrogen functional groups attached to an aromatic ring is 1. The van der Waals surface area contributed by atoms with Gasteiger partial charge in [-0.15, -0.1) is 0 Å². The Morgan fingerprint density at radius 3 is 0.989 bits per heavy atom. The zero-order chi connectivity index (χ0) is 69.2. The van der Waals surface area contributed by atoms with E-state index >= 15 is 0 Å². The highest BCUT2D eigenvalue weighted by atomic mass is 35.5. The van der Waals surface area contributed by atoms with E-state index in [0.29, 0.717) is 17.2 Å². The lowest BCUT2D eigenvalue weighted by molar-refractivity contribution is 0.236. The van der Waals surface area contributed by atoms with E-state index in [4.69, 9.17) is 62.5 Å². The summed E-state index contributed by atoms with van der Waals surface area (Å²) in [5.41, 5.74) is 10.3. The second kappa shape index (κ2) is 33.6. The molecule has 0 aliphatic rings. The second-order valence-corrected chi connectivity index (χ2v) is 27.8. The molecule has 0 unspecified atom stereocenters. The Hall–Kier alpha value is -9.49. The van der Waals surface area contributed by atoms with Crippen LogP contribution in [0.15, 0.2) is 215 Å². The summed E-state index contributed by atoms with van der Waals surface area (Å²) in [6, 6.07) is 55.3. The van der Waals surface area contributed by atoms with Crippen molar-refractivity contribution in [3.8, 4) is 85.1 Å². The third kappa shape index (κ3) is 23.2. The number of hydrogen-bond acceptors (Lipinski definition) is 15. The normalized spacial score (nSPS) is 11.1. The lowest BCUT2D eigenvalue weighted by Gasteiger charge is -2.21. The highest BCUT2D eigenvalue weighted by Crippen LogP contribution is 2.37. The first-order valence-electron chi connectivity index (χ1n) is 28.8. The number of carbonyl (C=O) groups is 2. The number of methoxy groups -OCH3 is 3. The number of sulfonamides is 3. The van der Waals surface area contributed by atoms with Gasteiger partial charge in [-0.3, -0.25) is 0 Å². The van der Waals surface area contributed by atoms with Gasteiger partial charge in [-0.25, -0.2) is 49.4 Å². The summed E-state index contributed by atoms with van der Waals surface area (Å²) < 4.78 is 112. The molecule has 0 aliphatic carbocycles. The summed E-state index contributed by atoms with van der Waals surface area (Å²) >= 11 is 11.9. The molecule has 0 fully saturated rings. The topological polar surface area (TPSA) is 292 Å². The molecule has 0 bridgehead atoms. The predicted molar refractivity (Wildman–Crippen MR) is 376 cm³/mol. The Balaban J connectivity index is 0.000000255. The van der Waals surface area contributed by atoms with Crippen molar-refractivity contribution in [2.24, 2.45) is 5.14 Å². The minimum atomic E-state index is -4.26. The highest BCUT2D eigenvalue weighted by molar-refractivity contribution is 7.90. The second-order valence-electron chi connectivity index (χ2n) is 22.1. The van der Waals surface area contributed by atoms with Crippen LogP contribution in [0.2, 0.25) is 10.0 Å². The maximum atomic E-state index is 12.9. The van der Waals surface area contributed by atoms with Gasteiger partial charge in [-0.1, -0.05) is 117 Å². The van der Waals surface area contributed by atoms with E-state index in [0.717, 1.165) is 50.6 Å². The van der Waals surface area contributed by atoms with Crippen molar-refractivity contribution in [3.63, 3.8) is 0 Å². The number of urea groups is 2. The number of primary sulfonamides is 1. The average Bonchev–Trinajstić information content (AvgIpc) is 0.818. The molecule has 9 aromatic carbocycles. The molecule has 9 aromatic rings. The SMILES string of the molecule is C.CC.COc1ccc(-c2cccc(Oc3ccc(Cl)cc3S(=O)(=O)NC(=O)NC(C)(C)C)c2)cc1.COc1ccc(-c2cccc(Oc3ccc(Cl)cc3S(N)(=O)=O)c2)cc1.COc1ccc(-c2cccc(Oc3ccc(N)cc3S(=O)(=O)NC(=O)NC(C)(C)C)c2)cc1. The monoisotopic (exact) mass is 1390 g/mol. The molecule has 95 heavy (non-hydrogen) atoms. The maximum Gasteiger partial charge on any atom is 0.329 e. The van der Waals surface area contributed by atoms with Crippen molar-refractivity contribution in [2.75, 3.05) is 27.1 Å². The fourth-order valence-electron chi connectivity index (χ4n) is 8.42. The quantitative estimate of drug-likeness (QED) is 0.0462. The molecule has 504 valence electrons. The number of anilines is 1. The van der Waals surface area contributed by atoms with Crippen LogP contribution < -0.4 is 59.4 Å². The molecule has 4 amide bonds. The van der Waals surface area contributed by atoms with Gasteiger partial charge in [0.25, 0.3) is 20.0 Å². The summed E-state index contributed by atoms with van der Waals surface area (Å²) in [5, 5.41) is 10.8. The van der Waals surface area contributed by atoms with Crippen molar-refractivity contribution in [1.82, 2.24) is 20.1 Å². The number of hydrogen-bond donors (Lipinski definition) is 6. The van der Waals surface area contributed by atoms with Crippen molar-refractivity contribution in [1.29, 1.82) is 0 Å². The van der Waals surface area contributed by atoms with E-state index in [1.165, 1.54) is 48.5 Å². The van der Waals surface area contributed by atoms with Gasteiger partial charge in [0, 0.05) is 26.8 Å². The molecule has 0 heterocycles. The Morgan fingerprint density at radius 2 is 0.684 bits per heavy atom. The Labute approximate surface area is 567 Å². The van der Waals surface area contributed by atoms with Crippen molar-refractivity contribution in [3.05, 3.63) is 210 Å². The molecular weight excluding hydrogens is 1320 g/mol. The molecule has 0 atom stereocenters. The van der Waals surface area contributed by atoms with Gasteiger partial charge in [0.2, 0.25) is 10.0 Å². The number of ether oxygens (including phenoxy) is 6. The zero-order valence-corrected chi connectivity index (χ0v) is 57.4. The van der Waals surface area contributed by atoms with Crippen LogP contribution in [0.25, 0.3) is 33.4 Å². The molecule has 0 spiro atoms. The predicted octanol–water partition coefficient (Wildman–Crippen LogP) is 16.2. The molecule has 0 aliphatic heterocycles. The summed E-state index contributed by atoms with van der Waals surface area (Å²) in [6.45, 7) is 14.4. The number of benzene rings is 9.